The van der Waals surface area contributed by atoms with Gasteiger partial charge in [-0.05, 0) is 13.3 Å². The summed E-state index contributed by atoms with van der Waals surface area (Å²) < 4.78 is 16.9. The maximum absolute atomic E-state index is 13.4. The van der Waals surface area contributed by atoms with Gasteiger partial charge in [0, 0.05) is 49.3 Å². The molecule has 0 aliphatic carbocycles. The van der Waals surface area contributed by atoms with Gasteiger partial charge < -0.3 is 29.1 Å². The van der Waals surface area contributed by atoms with Crippen molar-refractivity contribution < 1.29 is 33.7 Å². The highest BCUT2D eigenvalue weighted by Gasteiger charge is 2.60. The Morgan fingerprint density at radius 2 is 1.82 bits per heavy atom. The van der Waals surface area contributed by atoms with E-state index in [1.807, 2.05) is 13.0 Å². The predicted molar refractivity (Wildman–Crippen MR) is 168 cm³/mol. The summed E-state index contributed by atoms with van der Waals surface area (Å²) in [6, 6.07) is 1.06. The van der Waals surface area contributed by atoms with E-state index < -0.39 is 24.0 Å². The highest BCUT2D eigenvalue weighted by atomic mass is 32.2. The minimum atomic E-state index is -0.841. The molecule has 2 saturated heterocycles. The normalized spacial score (nSPS) is 25.2. The molecule has 0 saturated carbocycles. The number of nitrogens with zero attached hydrogens (tertiary/aromatic N) is 4. The minimum absolute atomic E-state index is 0.0146. The van der Waals surface area contributed by atoms with Crippen LogP contribution in [0.1, 0.15) is 26.0 Å². The van der Waals surface area contributed by atoms with Crippen molar-refractivity contribution in [3.63, 3.8) is 0 Å². The number of esters is 1. The summed E-state index contributed by atoms with van der Waals surface area (Å²) in [5.41, 5.74) is 0.930. The molecule has 0 bridgehead atoms. The quantitative estimate of drug-likeness (QED) is 0.177. The van der Waals surface area contributed by atoms with Gasteiger partial charge in [-0.1, -0.05) is 44.9 Å². The van der Waals surface area contributed by atoms with Gasteiger partial charge in [0.1, 0.15) is 25.5 Å². The van der Waals surface area contributed by atoms with Gasteiger partial charge in [-0.3, -0.25) is 19.5 Å². The van der Waals surface area contributed by atoms with E-state index in [0.29, 0.717) is 49.9 Å². The van der Waals surface area contributed by atoms with Gasteiger partial charge in [-0.15, -0.1) is 11.8 Å². The molecular formula is C32H42N4O7S. The Bertz CT molecular complexity index is 1330. The Morgan fingerprint density at radius 3 is 2.43 bits per heavy atom. The molecule has 11 nitrogen and oxygen atoms in total. The molecule has 44 heavy (non-hydrogen) atoms. The number of hydrogen-bond acceptors (Lipinski definition) is 10. The fourth-order valence-electron chi connectivity index (χ4n) is 6.01. The highest BCUT2D eigenvalue weighted by molar-refractivity contribution is 8.03. The molecule has 4 heterocycles. The maximum Gasteiger partial charge on any atom is 0.356 e. The average molecular weight is 627 g/mol. The number of aliphatic hydroxyl groups is 1. The first-order valence-corrected chi connectivity index (χ1v) is 15.5. The van der Waals surface area contributed by atoms with Crippen molar-refractivity contribution in [1.82, 2.24) is 19.7 Å². The molecule has 6 atom stereocenters. The van der Waals surface area contributed by atoms with Crippen molar-refractivity contribution in [2.24, 2.45) is 11.8 Å². The summed E-state index contributed by atoms with van der Waals surface area (Å²) in [4.78, 5) is 50.1. The molecule has 2 amide bonds. The SMILES string of the molecule is C=CCOC(=O)C1=C(S[C@H]2C[C@@H](C(=O)N(C)C)N(Cc3cc(OCC=C)c(OCC=C)cn3)C2)[C@H](C)[C@@H]2[C@@H](C(C)O)C(=O)N12. The van der Waals surface area contributed by atoms with Crippen LogP contribution in [0.2, 0.25) is 0 Å². The van der Waals surface area contributed by atoms with E-state index in [0.717, 1.165) is 4.91 Å². The molecule has 3 aliphatic rings. The Balaban J connectivity index is 1.60. The van der Waals surface area contributed by atoms with Crippen LogP contribution in [-0.2, 0) is 25.7 Å². The van der Waals surface area contributed by atoms with Gasteiger partial charge in [-0.2, -0.15) is 0 Å². The smallest absolute Gasteiger partial charge is 0.356 e. The van der Waals surface area contributed by atoms with Crippen LogP contribution in [0.25, 0.3) is 0 Å². The number of aliphatic hydroxyl groups excluding tert-OH is 1. The molecule has 1 unspecified atom stereocenters. The Morgan fingerprint density at radius 1 is 1.16 bits per heavy atom. The third-order valence-electron chi connectivity index (χ3n) is 7.99. The molecule has 1 aromatic heterocycles. The van der Waals surface area contributed by atoms with Gasteiger partial charge in [0.25, 0.3) is 0 Å². The van der Waals surface area contributed by atoms with Crippen molar-refractivity contribution in [1.29, 1.82) is 0 Å². The van der Waals surface area contributed by atoms with E-state index in [1.54, 1.807) is 44.3 Å². The third kappa shape index (κ3) is 6.72. The first-order valence-electron chi connectivity index (χ1n) is 14.6. The van der Waals surface area contributed by atoms with E-state index in [9.17, 15) is 19.5 Å². The lowest BCUT2D eigenvalue weighted by molar-refractivity contribution is -0.164. The topological polar surface area (TPSA) is 122 Å². The molecule has 2 fully saturated rings. The molecule has 12 heteroatoms. The van der Waals surface area contributed by atoms with Crippen molar-refractivity contribution >= 4 is 29.5 Å². The first-order chi connectivity index (χ1) is 21.0. The van der Waals surface area contributed by atoms with Crippen molar-refractivity contribution in [2.75, 3.05) is 40.5 Å². The number of thioether (sulfide) groups is 1. The number of β-lactam (4-membered cyclic amide) rings is 1. The number of ether oxygens (including phenoxy) is 3. The molecule has 0 spiro atoms. The fourth-order valence-corrected chi connectivity index (χ4v) is 7.56. The lowest BCUT2D eigenvalue weighted by Gasteiger charge is -2.46. The second-order valence-corrected chi connectivity index (χ2v) is 12.7. The number of carbonyl (C=O) groups is 3. The standard InChI is InChI=1S/C32H42N4O7S/c1-8-11-41-24-14-21(33-16-25(24)42-12-9-2)17-35-18-22(15-23(35)30(38)34(6)7)44-29-19(4)27-26(20(5)37)31(39)36(27)28(29)32(40)43-13-10-3/h8-10,14,16,19-20,22-23,26-27,37H,1-3,11-13,15,17-18H2,4-7H3/t19-,20?,22+,23+,26-,27-/m1/s1. The zero-order chi connectivity index (χ0) is 32.1. The van der Waals surface area contributed by atoms with E-state index >= 15 is 0 Å². The lowest BCUT2D eigenvalue weighted by atomic mass is 9.79. The predicted octanol–water partition coefficient (Wildman–Crippen LogP) is 2.77. The van der Waals surface area contributed by atoms with Crippen LogP contribution in [0.5, 0.6) is 11.5 Å². The Hall–Kier alpha value is -3.61. The number of hydrogen-bond donors (Lipinski definition) is 1. The average Bonchev–Trinajstić information content (AvgIpc) is 3.49. The molecule has 238 valence electrons. The summed E-state index contributed by atoms with van der Waals surface area (Å²) in [7, 11) is 3.46. The van der Waals surface area contributed by atoms with E-state index in [2.05, 4.69) is 29.6 Å². The molecule has 0 radical (unpaired) electrons. The molecule has 4 rings (SSSR count). The van der Waals surface area contributed by atoms with E-state index in [4.69, 9.17) is 14.2 Å². The lowest BCUT2D eigenvalue weighted by Crippen LogP contribution is -2.63. The first kappa shape index (κ1) is 33.3. The van der Waals surface area contributed by atoms with Crippen LogP contribution >= 0.6 is 11.8 Å². The summed E-state index contributed by atoms with van der Waals surface area (Å²) in [5, 5.41) is 10.2. The Labute approximate surface area is 263 Å². The zero-order valence-corrected chi connectivity index (χ0v) is 26.6. The molecule has 1 N–H and O–H groups in total. The number of aromatic nitrogens is 1. The van der Waals surface area contributed by atoms with Crippen molar-refractivity contribution in [3.05, 3.63) is 66.5 Å². The number of carbonyl (C=O) groups excluding carboxylic acids is 3. The molecule has 0 aromatic carbocycles. The highest BCUT2D eigenvalue weighted by Crippen LogP contribution is 2.52. The number of likely N-dealkylation sites (tertiary alicyclic amines) is 1. The van der Waals surface area contributed by atoms with Crippen LogP contribution in [0.4, 0.5) is 0 Å². The maximum atomic E-state index is 13.4. The molecular weight excluding hydrogens is 584 g/mol. The van der Waals surface area contributed by atoms with Crippen LogP contribution < -0.4 is 9.47 Å². The van der Waals surface area contributed by atoms with Crippen molar-refractivity contribution in [3.8, 4) is 11.5 Å². The largest absolute Gasteiger partial charge is 0.486 e. The number of likely N-dealkylation sites (N-methyl/N-ethyl adjacent to an activating group) is 1. The molecule has 1 aromatic rings. The van der Waals surface area contributed by atoms with Gasteiger partial charge in [0.2, 0.25) is 11.8 Å². The number of rotatable bonds is 15. The summed E-state index contributed by atoms with van der Waals surface area (Å²) in [6.07, 6.45) is 6.06. The second-order valence-electron chi connectivity index (χ2n) is 11.3. The van der Waals surface area contributed by atoms with Gasteiger partial charge in [0.15, 0.2) is 11.5 Å². The minimum Gasteiger partial charge on any atom is -0.486 e. The van der Waals surface area contributed by atoms with E-state index in [-0.39, 0.29) is 41.3 Å². The monoisotopic (exact) mass is 626 g/mol. The number of pyridine rings is 1. The third-order valence-corrected chi connectivity index (χ3v) is 9.48. The van der Waals surface area contributed by atoms with Gasteiger partial charge in [-0.25, -0.2) is 4.79 Å². The molecule has 3 aliphatic heterocycles. The van der Waals surface area contributed by atoms with Gasteiger partial charge >= 0.3 is 5.97 Å². The van der Waals surface area contributed by atoms with Crippen LogP contribution in [0, 0.1) is 11.8 Å². The summed E-state index contributed by atoms with van der Waals surface area (Å²) >= 11 is 1.51. The summed E-state index contributed by atoms with van der Waals surface area (Å²) in [5.74, 6) is -0.677. The summed E-state index contributed by atoms with van der Waals surface area (Å²) in [6.45, 7) is 16.1. The van der Waals surface area contributed by atoms with E-state index in [1.165, 1.54) is 22.7 Å². The van der Waals surface area contributed by atoms with Crippen LogP contribution in [-0.4, -0.2) is 106 Å². The van der Waals surface area contributed by atoms with Crippen molar-refractivity contribution in [2.45, 2.75) is 50.3 Å². The van der Waals surface area contributed by atoms with Crippen LogP contribution in [0.3, 0.4) is 0 Å². The van der Waals surface area contributed by atoms with Gasteiger partial charge in [0.05, 0.1) is 36.0 Å². The van der Waals surface area contributed by atoms with Crippen LogP contribution in [0.15, 0.2) is 60.8 Å². The number of amides is 2. The number of fused-ring (bicyclic) bond motifs is 1. The fraction of sp³-hybridized carbons (Fsp3) is 0.500. The Kier molecular flexibility index (Phi) is 10.9. The second kappa shape index (κ2) is 14.4. The zero-order valence-electron chi connectivity index (χ0n) is 25.8.